The topological polar surface area (TPSA) is 4.93 Å². The van der Waals surface area contributed by atoms with E-state index in [4.69, 9.17) is 0 Å². The molecule has 1 nitrogen and oxygen atoms in total. The minimum absolute atomic E-state index is 0.146. The third kappa shape index (κ3) is 2.27. The summed E-state index contributed by atoms with van der Waals surface area (Å²) in [6.45, 7) is 0. The molecule has 4 heteroatoms. The number of alkyl halides is 3. The molecule has 0 atom stereocenters. The summed E-state index contributed by atoms with van der Waals surface area (Å²) in [4.78, 5) is 0. The Morgan fingerprint density at radius 3 is 2.26 bits per heavy atom. The van der Waals surface area contributed by atoms with E-state index in [2.05, 4.69) is 0 Å². The highest BCUT2D eigenvalue weighted by atomic mass is 19.4. The van der Waals surface area contributed by atoms with E-state index in [9.17, 15) is 13.2 Å². The first kappa shape index (κ1) is 13.9. The SMILES string of the molecule is FC(F)(F)n1cccc1-c1ccc2c(ccc3ccccc32)c1. The van der Waals surface area contributed by atoms with Crippen molar-refractivity contribution in [3.63, 3.8) is 0 Å². The van der Waals surface area contributed by atoms with E-state index in [0.29, 0.717) is 10.1 Å². The van der Waals surface area contributed by atoms with Gasteiger partial charge in [0, 0.05) is 6.20 Å². The van der Waals surface area contributed by atoms with Gasteiger partial charge in [-0.3, -0.25) is 4.57 Å². The molecule has 0 fully saturated rings. The molecule has 4 rings (SSSR count). The van der Waals surface area contributed by atoms with E-state index in [1.165, 1.54) is 12.1 Å². The quantitative estimate of drug-likeness (QED) is 0.383. The highest BCUT2D eigenvalue weighted by Crippen LogP contribution is 2.33. The van der Waals surface area contributed by atoms with Gasteiger partial charge in [-0.15, -0.1) is 13.2 Å². The van der Waals surface area contributed by atoms with Crippen LogP contribution in [0.5, 0.6) is 0 Å². The van der Waals surface area contributed by atoms with Crippen LogP contribution < -0.4 is 0 Å². The van der Waals surface area contributed by atoms with Crippen LogP contribution in [0.25, 0.3) is 32.8 Å². The molecule has 0 aliphatic heterocycles. The Morgan fingerprint density at radius 1 is 0.696 bits per heavy atom. The van der Waals surface area contributed by atoms with Crippen molar-refractivity contribution in [3.05, 3.63) is 72.9 Å². The first-order chi connectivity index (χ1) is 11.0. The van der Waals surface area contributed by atoms with Crippen molar-refractivity contribution >= 4 is 21.5 Å². The van der Waals surface area contributed by atoms with Crippen molar-refractivity contribution in [2.24, 2.45) is 0 Å². The van der Waals surface area contributed by atoms with Gasteiger partial charge in [-0.2, -0.15) is 0 Å². The van der Waals surface area contributed by atoms with Gasteiger partial charge >= 0.3 is 6.30 Å². The van der Waals surface area contributed by atoms with E-state index in [-0.39, 0.29) is 5.69 Å². The van der Waals surface area contributed by atoms with Crippen LogP contribution in [0.4, 0.5) is 13.2 Å². The summed E-state index contributed by atoms with van der Waals surface area (Å²) in [5.41, 5.74) is 0.697. The van der Waals surface area contributed by atoms with Gasteiger partial charge in [-0.25, -0.2) is 0 Å². The van der Waals surface area contributed by atoms with Crippen LogP contribution >= 0.6 is 0 Å². The average molecular weight is 311 g/mol. The zero-order valence-corrected chi connectivity index (χ0v) is 12.0. The average Bonchev–Trinajstić information content (AvgIpc) is 3.04. The third-order valence-electron chi connectivity index (χ3n) is 4.06. The van der Waals surface area contributed by atoms with Crippen LogP contribution in [0.1, 0.15) is 0 Å². The number of hydrogen-bond donors (Lipinski definition) is 0. The zero-order chi connectivity index (χ0) is 16.0. The summed E-state index contributed by atoms with van der Waals surface area (Å²) in [5, 5.41) is 4.18. The smallest absolute Gasteiger partial charge is 0.259 e. The summed E-state index contributed by atoms with van der Waals surface area (Å²) >= 11 is 0. The Morgan fingerprint density at radius 2 is 1.43 bits per heavy atom. The first-order valence-corrected chi connectivity index (χ1v) is 7.20. The summed E-state index contributed by atoms with van der Waals surface area (Å²) in [5.74, 6) is 0. The molecule has 0 N–H and O–H groups in total. The summed E-state index contributed by atoms with van der Waals surface area (Å²) in [6.07, 6.45) is -3.38. The minimum atomic E-state index is -4.42. The molecule has 0 saturated carbocycles. The molecule has 0 bridgehead atoms. The number of benzene rings is 3. The van der Waals surface area contributed by atoms with Crippen molar-refractivity contribution in [1.82, 2.24) is 4.57 Å². The van der Waals surface area contributed by atoms with Gasteiger partial charge in [-0.1, -0.05) is 48.5 Å². The fourth-order valence-corrected chi connectivity index (χ4v) is 3.01. The molecular formula is C19H12F3N. The van der Waals surface area contributed by atoms with Crippen LogP contribution in [-0.4, -0.2) is 4.57 Å². The lowest BCUT2D eigenvalue weighted by Crippen LogP contribution is -2.16. The van der Waals surface area contributed by atoms with Crippen molar-refractivity contribution in [2.75, 3.05) is 0 Å². The predicted molar refractivity (Wildman–Crippen MR) is 86.2 cm³/mol. The van der Waals surface area contributed by atoms with Gasteiger partial charge < -0.3 is 0 Å². The molecule has 23 heavy (non-hydrogen) atoms. The number of aromatic nitrogens is 1. The van der Waals surface area contributed by atoms with Crippen LogP contribution in [0.3, 0.4) is 0 Å². The Hall–Kier alpha value is -2.75. The van der Waals surface area contributed by atoms with E-state index in [0.717, 1.165) is 27.7 Å². The number of fused-ring (bicyclic) bond motifs is 3. The second-order valence-electron chi connectivity index (χ2n) is 5.45. The van der Waals surface area contributed by atoms with Crippen molar-refractivity contribution < 1.29 is 13.2 Å². The maximum Gasteiger partial charge on any atom is 0.488 e. The van der Waals surface area contributed by atoms with Gasteiger partial charge in [0.1, 0.15) is 0 Å². The third-order valence-corrected chi connectivity index (χ3v) is 4.06. The fourth-order valence-electron chi connectivity index (χ4n) is 3.01. The van der Waals surface area contributed by atoms with Crippen LogP contribution in [-0.2, 0) is 6.30 Å². The molecule has 114 valence electrons. The van der Waals surface area contributed by atoms with Gasteiger partial charge in [0.25, 0.3) is 0 Å². The van der Waals surface area contributed by atoms with E-state index in [1.807, 2.05) is 42.5 Å². The van der Waals surface area contributed by atoms with Gasteiger partial charge in [-0.05, 0) is 45.3 Å². The first-order valence-electron chi connectivity index (χ1n) is 7.20. The summed E-state index contributed by atoms with van der Waals surface area (Å²) < 4.78 is 39.5. The zero-order valence-electron chi connectivity index (χ0n) is 12.0. The highest BCUT2D eigenvalue weighted by molar-refractivity contribution is 6.08. The number of rotatable bonds is 1. The summed E-state index contributed by atoms with van der Waals surface area (Å²) in [7, 11) is 0. The molecule has 0 radical (unpaired) electrons. The van der Waals surface area contributed by atoms with E-state index >= 15 is 0 Å². The largest absolute Gasteiger partial charge is 0.488 e. The maximum atomic E-state index is 13.1. The molecule has 1 heterocycles. The molecule has 0 saturated heterocycles. The molecular weight excluding hydrogens is 299 g/mol. The lowest BCUT2D eigenvalue weighted by Gasteiger charge is -2.13. The maximum absolute atomic E-state index is 13.1. The normalized spacial score (nSPS) is 12.1. The van der Waals surface area contributed by atoms with E-state index < -0.39 is 6.30 Å². The van der Waals surface area contributed by atoms with Crippen LogP contribution in [0.2, 0.25) is 0 Å². The standard InChI is InChI=1S/C19H12F3N/c20-19(21,22)23-11-3-6-18(23)15-9-10-17-14(12-15)8-7-13-4-1-2-5-16(13)17/h1-12H. The van der Waals surface area contributed by atoms with Gasteiger partial charge in [0.2, 0.25) is 0 Å². The Balaban J connectivity index is 1.94. The van der Waals surface area contributed by atoms with E-state index in [1.54, 1.807) is 12.1 Å². The Bertz CT molecular complexity index is 1010. The fraction of sp³-hybridized carbons (Fsp3) is 0.0526. The highest BCUT2D eigenvalue weighted by Gasteiger charge is 2.32. The molecule has 0 amide bonds. The van der Waals surface area contributed by atoms with Gasteiger partial charge in [0.05, 0.1) is 5.69 Å². The number of halogens is 3. The van der Waals surface area contributed by atoms with Crippen molar-refractivity contribution in [1.29, 1.82) is 0 Å². The predicted octanol–water partition coefficient (Wildman–Crippen LogP) is 5.94. The molecule has 3 aromatic carbocycles. The van der Waals surface area contributed by atoms with Crippen molar-refractivity contribution in [2.45, 2.75) is 6.30 Å². The monoisotopic (exact) mass is 311 g/mol. The minimum Gasteiger partial charge on any atom is -0.259 e. The Kier molecular flexibility index (Phi) is 2.94. The lowest BCUT2D eigenvalue weighted by atomic mass is 9.99. The molecule has 0 aliphatic carbocycles. The lowest BCUT2D eigenvalue weighted by molar-refractivity contribution is -0.202. The Labute approximate surface area is 130 Å². The molecule has 0 spiro atoms. The second kappa shape index (κ2) is 4.88. The van der Waals surface area contributed by atoms with Crippen molar-refractivity contribution in [3.8, 4) is 11.3 Å². The number of hydrogen-bond acceptors (Lipinski definition) is 0. The molecule has 0 aliphatic rings. The van der Waals surface area contributed by atoms with Crippen LogP contribution in [0, 0.1) is 0 Å². The number of nitrogens with zero attached hydrogens (tertiary/aromatic N) is 1. The molecule has 4 aromatic rings. The molecule has 1 aromatic heterocycles. The summed E-state index contributed by atoms with van der Waals surface area (Å²) in [6, 6.07) is 20.2. The van der Waals surface area contributed by atoms with Crippen LogP contribution in [0.15, 0.2) is 72.9 Å². The molecule has 0 unspecified atom stereocenters. The van der Waals surface area contributed by atoms with Gasteiger partial charge in [0.15, 0.2) is 0 Å². The second-order valence-corrected chi connectivity index (χ2v) is 5.45.